The van der Waals surface area contributed by atoms with Gasteiger partial charge in [-0.25, -0.2) is 4.98 Å². The van der Waals surface area contributed by atoms with E-state index in [0.29, 0.717) is 18.6 Å². The molecule has 1 heterocycles. The van der Waals surface area contributed by atoms with E-state index in [1.54, 1.807) is 0 Å². The minimum atomic E-state index is 0.230. The summed E-state index contributed by atoms with van der Waals surface area (Å²) in [5, 5.41) is 3.47. The van der Waals surface area contributed by atoms with Crippen LogP contribution >= 0.6 is 0 Å². The minimum Gasteiger partial charge on any atom is -0.330 e. The number of nitrogens with zero attached hydrogens (tertiary/aromatic N) is 2. The number of hydrogen-bond donors (Lipinski definition) is 2. The van der Waals surface area contributed by atoms with Gasteiger partial charge in [-0.2, -0.15) is 0 Å². The Hall–Kier alpha value is -0.870. The summed E-state index contributed by atoms with van der Waals surface area (Å²) in [6.07, 6.45) is 6.42. The van der Waals surface area contributed by atoms with Gasteiger partial charge in [-0.15, -0.1) is 0 Å². The molecule has 3 N–H and O–H groups in total. The molecule has 4 nitrogen and oxygen atoms in total. The standard InChI is InChI=1S/C11H20N4/c1-8(2)14-10(5-12)11-6-13-7-15(11)9-3-4-9/h6-10,14H,3-5,12H2,1-2H3. The summed E-state index contributed by atoms with van der Waals surface area (Å²) in [6, 6.07) is 1.35. The first-order chi connectivity index (χ1) is 7.22. The Labute approximate surface area is 90.9 Å². The zero-order valence-corrected chi connectivity index (χ0v) is 9.48. The van der Waals surface area contributed by atoms with E-state index in [-0.39, 0.29) is 6.04 Å². The highest BCUT2D eigenvalue weighted by molar-refractivity contribution is 5.09. The summed E-state index contributed by atoms with van der Waals surface area (Å²) in [5.74, 6) is 0. The van der Waals surface area contributed by atoms with Gasteiger partial charge in [-0.1, -0.05) is 13.8 Å². The molecule has 1 fully saturated rings. The molecule has 0 aliphatic heterocycles. The maximum absolute atomic E-state index is 5.80. The van der Waals surface area contributed by atoms with Crippen LogP contribution in [0.1, 0.15) is 44.5 Å². The molecule has 0 amide bonds. The third-order valence-corrected chi connectivity index (χ3v) is 2.76. The second-order valence-corrected chi connectivity index (χ2v) is 4.57. The van der Waals surface area contributed by atoms with Crippen LogP contribution in [0.4, 0.5) is 0 Å². The number of aromatic nitrogens is 2. The number of nitrogens with two attached hydrogens (primary N) is 1. The molecular formula is C11H20N4. The molecule has 0 spiro atoms. The van der Waals surface area contributed by atoms with Crippen LogP contribution in [0.2, 0.25) is 0 Å². The monoisotopic (exact) mass is 208 g/mol. The summed E-state index contributed by atoms with van der Waals surface area (Å²) < 4.78 is 2.27. The van der Waals surface area contributed by atoms with Crippen LogP contribution in [-0.4, -0.2) is 22.1 Å². The first kappa shape index (κ1) is 10.6. The van der Waals surface area contributed by atoms with Crippen molar-refractivity contribution in [3.8, 4) is 0 Å². The lowest BCUT2D eigenvalue weighted by Gasteiger charge is -2.21. The quantitative estimate of drug-likeness (QED) is 0.765. The van der Waals surface area contributed by atoms with Gasteiger partial charge in [0.2, 0.25) is 0 Å². The summed E-state index contributed by atoms with van der Waals surface area (Å²) in [5.41, 5.74) is 7.03. The minimum absolute atomic E-state index is 0.230. The van der Waals surface area contributed by atoms with Crippen LogP contribution in [0, 0.1) is 0 Å². The lowest BCUT2D eigenvalue weighted by molar-refractivity contribution is 0.458. The SMILES string of the molecule is CC(C)NC(CN)c1cncn1C1CC1. The zero-order chi connectivity index (χ0) is 10.8. The van der Waals surface area contributed by atoms with E-state index in [1.807, 2.05) is 12.5 Å². The van der Waals surface area contributed by atoms with E-state index in [1.165, 1.54) is 18.5 Å². The second-order valence-electron chi connectivity index (χ2n) is 4.57. The zero-order valence-electron chi connectivity index (χ0n) is 9.48. The highest BCUT2D eigenvalue weighted by Gasteiger charge is 2.27. The summed E-state index contributed by atoms with van der Waals surface area (Å²) in [7, 11) is 0. The lowest BCUT2D eigenvalue weighted by Crippen LogP contribution is -2.34. The van der Waals surface area contributed by atoms with Gasteiger partial charge in [0.05, 0.1) is 18.1 Å². The Morgan fingerprint density at radius 1 is 1.60 bits per heavy atom. The van der Waals surface area contributed by atoms with Gasteiger partial charge >= 0.3 is 0 Å². The Balaban J connectivity index is 2.13. The molecule has 15 heavy (non-hydrogen) atoms. The van der Waals surface area contributed by atoms with Crippen LogP contribution in [0.5, 0.6) is 0 Å². The van der Waals surface area contributed by atoms with Crippen molar-refractivity contribution in [2.45, 2.75) is 44.8 Å². The number of nitrogens with one attached hydrogen (secondary N) is 1. The van der Waals surface area contributed by atoms with E-state index in [9.17, 15) is 0 Å². The first-order valence-electron chi connectivity index (χ1n) is 5.70. The van der Waals surface area contributed by atoms with Crippen LogP contribution in [0.3, 0.4) is 0 Å². The molecular weight excluding hydrogens is 188 g/mol. The number of imidazole rings is 1. The van der Waals surface area contributed by atoms with Gasteiger partial charge in [-0.3, -0.25) is 0 Å². The molecule has 1 aromatic heterocycles. The molecule has 2 rings (SSSR count). The maximum Gasteiger partial charge on any atom is 0.0951 e. The topological polar surface area (TPSA) is 55.9 Å². The lowest BCUT2D eigenvalue weighted by atomic mass is 10.2. The van der Waals surface area contributed by atoms with Crippen molar-refractivity contribution in [3.63, 3.8) is 0 Å². The molecule has 84 valence electrons. The third-order valence-electron chi connectivity index (χ3n) is 2.76. The summed E-state index contributed by atoms with van der Waals surface area (Å²) >= 11 is 0. The molecule has 4 heteroatoms. The van der Waals surface area contributed by atoms with E-state index < -0.39 is 0 Å². The predicted octanol–water partition coefficient (Wildman–Crippen LogP) is 1.22. The van der Waals surface area contributed by atoms with E-state index >= 15 is 0 Å². The fraction of sp³-hybridized carbons (Fsp3) is 0.727. The van der Waals surface area contributed by atoms with Crippen LogP contribution in [0.25, 0.3) is 0 Å². The molecule has 1 atom stereocenters. The van der Waals surface area contributed by atoms with Gasteiger partial charge in [0.15, 0.2) is 0 Å². The summed E-state index contributed by atoms with van der Waals surface area (Å²) in [6.45, 7) is 4.90. The smallest absolute Gasteiger partial charge is 0.0951 e. The van der Waals surface area contributed by atoms with E-state index in [0.717, 1.165) is 0 Å². The number of hydrogen-bond acceptors (Lipinski definition) is 3. The molecule has 1 aliphatic carbocycles. The van der Waals surface area contributed by atoms with Gasteiger partial charge in [0.1, 0.15) is 0 Å². The molecule has 1 saturated carbocycles. The van der Waals surface area contributed by atoms with E-state index in [4.69, 9.17) is 5.73 Å². The average Bonchev–Trinajstić information content (AvgIpc) is 2.93. The Morgan fingerprint density at radius 3 is 2.87 bits per heavy atom. The molecule has 0 saturated heterocycles. The Morgan fingerprint density at radius 2 is 2.33 bits per heavy atom. The highest BCUT2D eigenvalue weighted by atomic mass is 15.1. The molecule has 1 unspecified atom stereocenters. The Bertz CT molecular complexity index is 314. The maximum atomic E-state index is 5.80. The molecule has 0 aromatic carbocycles. The molecule has 0 radical (unpaired) electrons. The second kappa shape index (κ2) is 4.33. The van der Waals surface area contributed by atoms with Crippen LogP contribution in [-0.2, 0) is 0 Å². The van der Waals surface area contributed by atoms with Gasteiger partial charge in [0.25, 0.3) is 0 Å². The van der Waals surface area contributed by atoms with Crippen molar-refractivity contribution in [2.75, 3.05) is 6.54 Å². The Kier molecular flexibility index (Phi) is 3.07. The average molecular weight is 208 g/mol. The largest absolute Gasteiger partial charge is 0.330 e. The van der Waals surface area contributed by atoms with Crippen molar-refractivity contribution in [1.29, 1.82) is 0 Å². The van der Waals surface area contributed by atoms with Crippen molar-refractivity contribution < 1.29 is 0 Å². The molecule has 0 bridgehead atoms. The molecule has 1 aliphatic rings. The molecule has 1 aromatic rings. The van der Waals surface area contributed by atoms with Crippen LogP contribution in [0.15, 0.2) is 12.5 Å². The predicted molar refractivity (Wildman–Crippen MR) is 60.6 cm³/mol. The normalized spacial score (nSPS) is 18.4. The van der Waals surface area contributed by atoms with Crippen molar-refractivity contribution in [3.05, 3.63) is 18.2 Å². The van der Waals surface area contributed by atoms with Gasteiger partial charge in [0, 0.05) is 24.8 Å². The van der Waals surface area contributed by atoms with Crippen molar-refractivity contribution >= 4 is 0 Å². The van der Waals surface area contributed by atoms with Crippen molar-refractivity contribution in [1.82, 2.24) is 14.9 Å². The first-order valence-corrected chi connectivity index (χ1v) is 5.70. The number of rotatable bonds is 5. The van der Waals surface area contributed by atoms with E-state index in [2.05, 4.69) is 28.7 Å². The fourth-order valence-corrected chi connectivity index (χ4v) is 1.92. The fourth-order valence-electron chi connectivity index (χ4n) is 1.92. The van der Waals surface area contributed by atoms with Gasteiger partial charge < -0.3 is 15.6 Å². The summed E-state index contributed by atoms with van der Waals surface area (Å²) in [4.78, 5) is 4.23. The van der Waals surface area contributed by atoms with Crippen molar-refractivity contribution in [2.24, 2.45) is 5.73 Å². The van der Waals surface area contributed by atoms with Crippen LogP contribution < -0.4 is 11.1 Å². The van der Waals surface area contributed by atoms with Gasteiger partial charge in [-0.05, 0) is 12.8 Å². The third kappa shape index (κ3) is 2.38. The highest BCUT2D eigenvalue weighted by Crippen LogP contribution is 2.36.